The molecule has 0 rings (SSSR count). The molecular formula is C12H18NO7+. The summed E-state index contributed by atoms with van der Waals surface area (Å²) in [5, 5.41) is 9.63. The van der Waals surface area contributed by atoms with Crippen LogP contribution in [0.2, 0.25) is 0 Å². The summed E-state index contributed by atoms with van der Waals surface area (Å²) in [6.07, 6.45) is -1.81. The monoisotopic (exact) mass is 288 g/mol. The number of esters is 3. The summed E-state index contributed by atoms with van der Waals surface area (Å²) < 4.78 is 13.9. The van der Waals surface area contributed by atoms with Crippen LogP contribution in [0.15, 0.2) is 0 Å². The molecule has 0 aromatic carbocycles. The van der Waals surface area contributed by atoms with Crippen molar-refractivity contribution in [3.8, 4) is 6.57 Å². The van der Waals surface area contributed by atoms with Crippen LogP contribution in [0.1, 0.15) is 33.6 Å². The fraction of sp³-hybridized carbons (Fsp3) is 0.667. The second-order valence-electron chi connectivity index (χ2n) is 3.85. The van der Waals surface area contributed by atoms with Gasteiger partial charge in [0.15, 0.2) is 6.10 Å². The number of rotatable bonds is 7. The molecule has 112 valence electrons. The van der Waals surface area contributed by atoms with Gasteiger partial charge in [0.05, 0.1) is 13.0 Å². The first-order valence-electron chi connectivity index (χ1n) is 5.94. The molecule has 0 bridgehead atoms. The molecule has 0 fully saturated rings. The van der Waals surface area contributed by atoms with E-state index in [9.17, 15) is 19.5 Å². The van der Waals surface area contributed by atoms with Gasteiger partial charge in [-0.1, -0.05) is 0 Å². The summed E-state index contributed by atoms with van der Waals surface area (Å²) >= 11 is 0. The zero-order valence-electron chi connectivity index (χ0n) is 11.6. The van der Waals surface area contributed by atoms with Crippen LogP contribution in [-0.4, -0.2) is 41.6 Å². The predicted octanol–water partition coefficient (Wildman–Crippen LogP) is 0.433. The largest absolute Gasteiger partial charge is 0.543 e. The van der Waals surface area contributed by atoms with Crippen LogP contribution in [0.5, 0.6) is 0 Å². The highest BCUT2D eigenvalue weighted by Crippen LogP contribution is 2.17. The van der Waals surface area contributed by atoms with E-state index in [1.807, 2.05) is 0 Å². The van der Waals surface area contributed by atoms with Crippen molar-refractivity contribution in [3.05, 3.63) is 4.85 Å². The van der Waals surface area contributed by atoms with Crippen molar-refractivity contribution in [2.45, 2.75) is 45.6 Å². The van der Waals surface area contributed by atoms with Crippen LogP contribution in [0.4, 0.5) is 0 Å². The third kappa shape index (κ3) is 6.70. The molecular weight excluding hydrogens is 270 g/mol. The van der Waals surface area contributed by atoms with Crippen LogP contribution in [-0.2, 0) is 28.6 Å². The summed E-state index contributed by atoms with van der Waals surface area (Å²) in [6.45, 7) is 9.09. The summed E-state index contributed by atoms with van der Waals surface area (Å²) in [5.41, 5.74) is 0. The average molecular weight is 288 g/mol. The van der Waals surface area contributed by atoms with Gasteiger partial charge >= 0.3 is 23.8 Å². The molecule has 20 heavy (non-hydrogen) atoms. The first kappa shape index (κ1) is 17.9. The summed E-state index contributed by atoms with van der Waals surface area (Å²) in [6, 6.07) is 0. The topological polar surface area (TPSA) is 103 Å². The van der Waals surface area contributed by atoms with Gasteiger partial charge in [-0.15, -0.1) is 0 Å². The maximum atomic E-state index is 11.4. The van der Waals surface area contributed by atoms with E-state index in [1.54, 1.807) is 6.92 Å². The normalized spacial score (nSPS) is 14.3. The van der Waals surface area contributed by atoms with Gasteiger partial charge in [0, 0.05) is 6.92 Å². The SMILES string of the molecule is C#[N+]C(O)(CCC(=O)OC(C)C(=O)OCC)OC(C)=O. The van der Waals surface area contributed by atoms with E-state index >= 15 is 0 Å². The Kier molecular flexibility index (Phi) is 7.25. The fourth-order valence-corrected chi connectivity index (χ4v) is 1.20. The van der Waals surface area contributed by atoms with Gasteiger partial charge in [-0.3, -0.25) is 14.7 Å². The third-order valence-corrected chi connectivity index (χ3v) is 2.09. The second-order valence-corrected chi connectivity index (χ2v) is 3.85. The molecule has 0 amide bonds. The van der Waals surface area contributed by atoms with Crippen LogP contribution in [0.25, 0.3) is 4.85 Å². The van der Waals surface area contributed by atoms with Crippen LogP contribution >= 0.6 is 0 Å². The number of aliphatic hydroxyl groups is 1. The Bertz CT molecular complexity index is 415. The Morgan fingerprint density at radius 2 is 2.00 bits per heavy atom. The molecule has 0 radical (unpaired) electrons. The average Bonchev–Trinajstić information content (AvgIpc) is 2.36. The van der Waals surface area contributed by atoms with Crippen molar-refractivity contribution in [2.75, 3.05) is 6.61 Å². The lowest BCUT2D eigenvalue weighted by atomic mass is 10.2. The Morgan fingerprint density at radius 1 is 1.40 bits per heavy atom. The molecule has 0 aromatic heterocycles. The lowest BCUT2D eigenvalue weighted by Crippen LogP contribution is -2.32. The Labute approximate surface area is 116 Å². The molecule has 2 atom stereocenters. The van der Waals surface area contributed by atoms with Crippen molar-refractivity contribution in [2.24, 2.45) is 0 Å². The van der Waals surface area contributed by atoms with Gasteiger partial charge in [-0.2, -0.15) is 0 Å². The van der Waals surface area contributed by atoms with E-state index in [2.05, 4.69) is 14.3 Å². The molecule has 0 heterocycles. The van der Waals surface area contributed by atoms with Crippen molar-refractivity contribution in [3.63, 3.8) is 0 Å². The van der Waals surface area contributed by atoms with E-state index in [0.29, 0.717) is 0 Å². The van der Waals surface area contributed by atoms with E-state index in [0.717, 1.165) is 6.92 Å². The minimum absolute atomic E-state index is 0.166. The Balaban J connectivity index is 4.31. The maximum Gasteiger partial charge on any atom is 0.543 e. The lowest BCUT2D eigenvalue weighted by molar-refractivity contribution is -0.193. The first-order valence-corrected chi connectivity index (χ1v) is 5.94. The fourth-order valence-electron chi connectivity index (χ4n) is 1.20. The minimum Gasteiger partial charge on any atom is -0.463 e. The smallest absolute Gasteiger partial charge is 0.463 e. The molecule has 0 spiro atoms. The standard InChI is InChI=1S/C12H18NO7/c1-5-18-11(16)8(2)19-10(15)6-7-12(17,13-4)20-9(3)14/h4,8,17H,5-7H2,1-3H3/q+1. The highest BCUT2D eigenvalue weighted by molar-refractivity contribution is 5.79. The zero-order chi connectivity index (χ0) is 15.8. The molecule has 0 saturated carbocycles. The third-order valence-electron chi connectivity index (χ3n) is 2.09. The zero-order valence-corrected chi connectivity index (χ0v) is 11.6. The number of hydrogen-bond donors (Lipinski definition) is 1. The van der Waals surface area contributed by atoms with Gasteiger partial charge in [-0.05, 0) is 18.7 Å². The minimum atomic E-state index is -2.29. The lowest BCUT2D eigenvalue weighted by Gasteiger charge is -2.13. The van der Waals surface area contributed by atoms with Gasteiger partial charge < -0.3 is 14.2 Å². The highest BCUT2D eigenvalue weighted by Gasteiger charge is 2.42. The Hall–Kier alpha value is -2.14. The van der Waals surface area contributed by atoms with Crippen molar-refractivity contribution in [1.82, 2.24) is 0 Å². The predicted molar refractivity (Wildman–Crippen MR) is 66.4 cm³/mol. The summed E-state index contributed by atoms with van der Waals surface area (Å²) in [4.78, 5) is 36.4. The van der Waals surface area contributed by atoms with Gasteiger partial charge in [0.1, 0.15) is 6.42 Å². The Morgan fingerprint density at radius 3 is 2.45 bits per heavy atom. The molecule has 0 saturated heterocycles. The van der Waals surface area contributed by atoms with Crippen LogP contribution in [0.3, 0.4) is 0 Å². The van der Waals surface area contributed by atoms with Gasteiger partial charge in [0.2, 0.25) is 0 Å². The van der Waals surface area contributed by atoms with E-state index in [-0.39, 0.29) is 13.0 Å². The molecule has 8 heteroatoms. The number of hydrogen-bond acceptors (Lipinski definition) is 7. The molecule has 0 aromatic rings. The van der Waals surface area contributed by atoms with Gasteiger partial charge in [-0.25, -0.2) is 4.79 Å². The van der Waals surface area contributed by atoms with Crippen LogP contribution < -0.4 is 0 Å². The molecule has 0 aliphatic rings. The first-order chi connectivity index (χ1) is 9.24. The van der Waals surface area contributed by atoms with Gasteiger partial charge in [0.25, 0.3) is 6.57 Å². The van der Waals surface area contributed by atoms with Crippen molar-refractivity contribution >= 4 is 17.9 Å². The molecule has 1 N–H and O–H groups in total. The maximum absolute atomic E-state index is 11.4. The number of carbonyl (C=O) groups excluding carboxylic acids is 3. The number of nitrogens with zero attached hydrogens (tertiary/aromatic N) is 1. The molecule has 8 nitrogen and oxygen atoms in total. The second kappa shape index (κ2) is 8.12. The van der Waals surface area contributed by atoms with E-state index in [4.69, 9.17) is 11.3 Å². The molecule has 0 aliphatic carbocycles. The highest BCUT2D eigenvalue weighted by atomic mass is 16.7. The quantitative estimate of drug-likeness (QED) is 0.411. The van der Waals surface area contributed by atoms with Crippen molar-refractivity contribution in [1.29, 1.82) is 0 Å². The van der Waals surface area contributed by atoms with E-state index in [1.165, 1.54) is 6.92 Å². The summed E-state index contributed by atoms with van der Waals surface area (Å²) in [5.74, 6) is -4.58. The van der Waals surface area contributed by atoms with Crippen molar-refractivity contribution < 1.29 is 33.7 Å². The van der Waals surface area contributed by atoms with E-state index < -0.39 is 36.3 Å². The molecule has 2 unspecified atom stereocenters. The summed E-state index contributed by atoms with van der Waals surface area (Å²) in [7, 11) is 0. The number of carbonyl (C=O) groups is 3. The number of ether oxygens (including phenoxy) is 3. The van der Waals surface area contributed by atoms with Crippen LogP contribution in [0, 0.1) is 6.57 Å². The molecule has 0 aliphatic heterocycles.